The van der Waals surface area contributed by atoms with Gasteiger partial charge in [-0.05, 0) is 109 Å². The molecule has 1 N–H and O–H groups in total. The van der Waals surface area contributed by atoms with E-state index in [4.69, 9.17) is 21.4 Å². The molecule has 1 aliphatic heterocycles. The predicted octanol–water partition coefficient (Wildman–Crippen LogP) is 6.67. The van der Waals surface area contributed by atoms with E-state index < -0.39 is 23.1 Å². The number of carbonyl (C=O) groups is 5. The second kappa shape index (κ2) is 16.6. The summed E-state index contributed by atoms with van der Waals surface area (Å²) in [4.78, 5) is 66.2. The van der Waals surface area contributed by atoms with E-state index in [1.807, 2.05) is 52.0 Å². The third-order valence-electron chi connectivity index (χ3n) is 6.52. The zero-order valence-corrected chi connectivity index (χ0v) is 27.6. The summed E-state index contributed by atoms with van der Waals surface area (Å²) in [5, 5.41) is 7.35. The van der Waals surface area contributed by atoms with E-state index in [2.05, 4.69) is 4.74 Å². The molecule has 3 aromatic rings. The molecule has 0 saturated carbocycles. The molecule has 1 aliphatic rings. The van der Waals surface area contributed by atoms with Crippen LogP contribution in [0.3, 0.4) is 0 Å². The maximum atomic E-state index is 12.0. The molecule has 0 amide bonds. The fourth-order valence-electron chi connectivity index (χ4n) is 4.14. The first-order valence-electron chi connectivity index (χ1n) is 13.9. The van der Waals surface area contributed by atoms with E-state index in [1.165, 1.54) is 20.8 Å². The van der Waals surface area contributed by atoms with Crippen molar-refractivity contribution in [3.63, 3.8) is 0 Å². The van der Waals surface area contributed by atoms with Gasteiger partial charge in [-0.3, -0.25) is 19.2 Å². The summed E-state index contributed by atoms with van der Waals surface area (Å²) in [6.45, 7) is 17.2. The Labute approximate surface area is 262 Å². The Morgan fingerprint density at radius 3 is 1.82 bits per heavy atom. The molecule has 9 nitrogen and oxygen atoms in total. The number of ketones is 2. The summed E-state index contributed by atoms with van der Waals surface area (Å²) in [5.74, 6) is -1.78. The smallest absolute Gasteiger partial charge is 0.346 e. The van der Waals surface area contributed by atoms with E-state index in [1.54, 1.807) is 26.8 Å². The van der Waals surface area contributed by atoms with Gasteiger partial charge < -0.3 is 14.6 Å². The first kappa shape index (κ1) is 37.8. The second-order valence-electron chi connectivity index (χ2n) is 11.0. The van der Waals surface area contributed by atoms with Gasteiger partial charge in [0.15, 0.2) is 0 Å². The molecule has 44 heavy (non-hydrogen) atoms. The van der Waals surface area contributed by atoms with Crippen molar-refractivity contribution in [1.29, 1.82) is 5.41 Å². The number of carbonyl (C=O) groups excluding carboxylic acids is 5. The average molecular weight is 626 g/mol. The quantitative estimate of drug-likeness (QED) is 0.146. The Morgan fingerprint density at radius 1 is 0.818 bits per heavy atom. The van der Waals surface area contributed by atoms with Crippen molar-refractivity contribution in [2.75, 3.05) is 0 Å². The van der Waals surface area contributed by atoms with Crippen LogP contribution in [0.25, 0.3) is 10.8 Å². The summed E-state index contributed by atoms with van der Waals surface area (Å²) in [5.41, 5.74) is 5.56. The van der Waals surface area contributed by atoms with Gasteiger partial charge in [0, 0.05) is 5.71 Å². The molecule has 1 aromatic heterocycles. The van der Waals surface area contributed by atoms with E-state index in [9.17, 15) is 28.8 Å². The summed E-state index contributed by atoms with van der Waals surface area (Å²) >= 11 is 4.96. The minimum Gasteiger partial charge on any atom is -0.427 e. The van der Waals surface area contributed by atoms with Crippen molar-refractivity contribution >= 4 is 56.8 Å². The summed E-state index contributed by atoms with van der Waals surface area (Å²) in [6.07, 6.45) is 0.198. The van der Waals surface area contributed by atoms with Gasteiger partial charge in [0.05, 0.1) is 29.2 Å². The molecule has 2 atom stereocenters. The van der Waals surface area contributed by atoms with E-state index in [0.717, 1.165) is 33.2 Å². The molecule has 2 unspecified atom stereocenters. The van der Waals surface area contributed by atoms with Gasteiger partial charge in [0.25, 0.3) is 0 Å². The second-order valence-corrected chi connectivity index (χ2v) is 11.4. The number of ether oxygens (including phenoxy) is 1. The summed E-state index contributed by atoms with van der Waals surface area (Å²) in [6, 6.07) is 9.46. The number of aryl methyl sites for hydroxylation is 4. The van der Waals surface area contributed by atoms with Gasteiger partial charge >= 0.3 is 17.6 Å². The van der Waals surface area contributed by atoms with Crippen LogP contribution in [0.5, 0.6) is 0 Å². The highest BCUT2D eigenvalue weighted by atomic mass is 35.5. The van der Waals surface area contributed by atoms with Gasteiger partial charge in [-0.2, -0.15) is 0 Å². The lowest BCUT2D eigenvalue weighted by molar-refractivity contribution is -0.138. The minimum atomic E-state index is -0.642. The fraction of sp³-hybridized carbons (Fsp3) is 0.382. The highest BCUT2D eigenvalue weighted by molar-refractivity contribution is 6.65. The zero-order valence-electron chi connectivity index (χ0n) is 26.9. The van der Waals surface area contributed by atoms with Crippen molar-refractivity contribution in [1.82, 2.24) is 0 Å². The standard InChI is InChI=1S/C15H16O3.C11H10O3.C5H7ClO2.C3H7N/c1-8-5-9(2)14-12(6-8)7-13(18-15(14)17)10(3)11(4)16;1-6-3-7(2)10-8(4-6)5-9(12)14-11(10)13;1-3(4(2)7)5(6)8;1-3(2)4/h5-7,10H,1-4H3;3-4H,5H2,1-2H3;3H,1-2H3;4H,1-2H3. The lowest BCUT2D eigenvalue weighted by atomic mass is 9.95. The maximum absolute atomic E-state index is 12.0. The number of Topliss-reactive ketones (excluding diaryl/α,β-unsaturated/α-hetero) is 2. The van der Waals surface area contributed by atoms with Gasteiger partial charge in [0.2, 0.25) is 5.24 Å². The Hall–Kier alpha value is -4.24. The van der Waals surface area contributed by atoms with Crippen LogP contribution in [0.15, 0.2) is 39.5 Å². The number of fused-ring (bicyclic) bond motifs is 2. The number of hydrogen-bond donors (Lipinski definition) is 1. The lowest BCUT2D eigenvalue weighted by Gasteiger charge is -2.16. The van der Waals surface area contributed by atoms with Crippen LogP contribution in [0.4, 0.5) is 0 Å². The highest BCUT2D eigenvalue weighted by Gasteiger charge is 2.26. The molecule has 2 aromatic carbocycles. The molecular formula is C34H40ClNO8. The van der Waals surface area contributed by atoms with E-state index >= 15 is 0 Å². The van der Waals surface area contributed by atoms with Crippen LogP contribution in [0, 0.1) is 39.0 Å². The first-order valence-corrected chi connectivity index (χ1v) is 14.3. The van der Waals surface area contributed by atoms with Crippen LogP contribution >= 0.6 is 11.6 Å². The summed E-state index contributed by atoms with van der Waals surface area (Å²) in [7, 11) is 0. The largest absolute Gasteiger partial charge is 0.427 e. The molecule has 236 valence electrons. The lowest BCUT2D eigenvalue weighted by Crippen LogP contribution is -2.24. The molecule has 0 spiro atoms. The Morgan fingerprint density at radius 2 is 1.34 bits per heavy atom. The number of rotatable bonds is 4. The van der Waals surface area contributed by atoms with Crippen LogP contribution < -0.4 is 5.63 Å². The normalized spacial score (nSPS) is 12.9. The van der Waals surface area contributed by atoms with Crippen molar-refractivity contribution in [3.8, 4) is 0 Å². The number of nitrogens with one attached hydrogen (secondary N) is 1. The van der Waals surface area contributed by atoms with Crippen LogP contribution in [0.1, 0.15) is 91.4 Å². The number of hydrogen-bond acceptors (Lipinski definition) is 9. The van der Waals surface area contributed by atoms with Crippen LogP contribution in [-0.4, -0.2) is 34.5 Å². The van der Waals surface area contributed by atoms with Crippen molar-refractivity contribution in [3.05, 3.63) is 79.9 Å². The van der Waals surface area contributed by atoms with E-state index in [-0.39, 0.29) is 29.5 Å². The molecule has 0 bridgehead atoms. The minimum absolute atomic E-state index is 0.0122. The molecule has 0 aliphatic carbocycles. The van der Waals surface area contributed by atoms with Gasteiger partial charge in [0.1, 0.15) is 17.3 Å². The topological polar surface area (TPSA) is 149 Å². The highest BCUT2D eigenvalue weighted by Crippen LogP contribution is 2.24. The molecule has 0 saturated heterocycles. The predicted molar refractivity (Wildman–Crippen MR) is 171 cm³/mol. The number of cyclic esters (lactones) is 2. The monoisotopic (exact) mass is 625 g/mol. The van der Waals surface area contributed by atoms with Crippen molar-refractivity contribution in [2.24, 2.45) is 5.92 Å². The number of esters is 2. The van der Waals surface area contributed by atoms with Gasteiger partial charge in [-0.15, -0.1) is 0 Å². The van der Waals surface area contributed by atoms with Crippen LogP contribution in [0.2, 0.25) is 0 Å². The Kier molecular flexibility index (Phi) is 14.2. The van der Waals surface area contributed by atoms with Crippen LogP contribution in [-0.2, 0) is 30.3 Å². The van der Waals surface area contributed by atoms with Gasteiger partial charge in [-0.1, -0.05) is 35.4 Å². The Balaban J connectivity index is 0.000000330. The zero-order chi connectivity index (χ0) is 34.0. The first-order chi connectivity index (χ1) is 20.3. The molecule has 4 rings (SSSR count). The summed E-state index contributed by atoms with van der Waals surface area (Å²) < 4.78 is 9.81. The van der Waals surface area contributed by atoms with Crippen molar-refractivity contribution in [2.45, 2.75) is 81.6 Å². The maximum Gasteiger partial charge on any atom is 0.346 e. The SMILES string of the molecule is CC(=O)C(C)C(=O)Cl.CC(=O)C(C)c1cc2cc(C)cc(C)c2c(=O)o1.CC(C)=N.Cc1cc(C)c2c(c1)CC(=O)OC2=O. The molecule has 0 fully saturated rings. The fourth-order valence-corrected chi connectivity index (χ4v) is 4.29. The third-order valence-corrected chi connectivity index (χ3v) is 6.84. The third kappa shape index (κ3) is 11.1. The van der Waals surface area contributed by atoms with E-state index in [0.29, 0.717) is 22.4 Å². The average Bonchev–Trinajstić information content (AvgIpc) is 2.86. The van der Waals surface area contributed by atoms with Gasteiger partial charge in [-0.25, -0.2) is 9.59 Å². The number of halogens is 1. The molecule has 10 heteroatoms. The molecule has 2 heterocycles. The van der Waals surface area contributed by atoms with Crippen molar-refractivity contribution < 1.29 is 33.1 Å². The Bertz CT molecular complexity index is 1650. The molecular weight excluding hydrogens is 586 g/mol. The number of benzene rings is 2. The molecule has 0 radical (unpaired) electrons.